The second-order valence-corrected chi connectivity index (χ2v) is 3.95. The number of ether oxygens (including phenoxy) is 1. The number of methoxy groups -OCH3 is 1. The number of aliphatic hydroxyl groups is 1. The molecule has 12 heavy (non-hydrogen) atoms. The maximum absolute atomic E-state index is 9.96. The van der Waals surface area contributed by atoms with Crippen LogP contribution in [0.2, 0.25) is 0 Å². The highest BCUT2D eigenvalue weighted by molar-refractivity contribution is 4.81. The van der Waals surface area contributed by atoms with Gasteiger partial charge in [-0.15, -0.1) is 0 Å². The zero-order valence-electron chi connectivity index (χ0n) is 8.92. The zero-order valence-corrected chi connectivity index (χ0v) is 8.92. The minimum atomic E-state index is -0.690. The normalized spacial score (nSPS) is 21.5. The Bertz CT molecular complexity index is 121. The smallest absolute Gasteiger partial charge is 0.0879 e. The fourth-order valence-corrected chi connectivity index (χ4v) is 1.27. The van der Waals surface area contributed by atoms with Crippen LogP contribution in [0.4, 0.5) is 0 Å². The SMILES string of the molecule is CCC(C)CC(C)(O)C(C)OC. The Morgan fingerprint density at radius 2 is 1.92 bits per heavy atom. The molecule has 0 aliphatic carbocycles. The Morgan fingerprint density at radius 3 is 2.25 bits per heavy atom. The van der Waals surface area contributed by atoms with Gasteiger partial charge in [-0.25, -0.2) is 0 Å². The molecule has 2 nitrogen and oxygen atoms in total. The molecule has 0 aliphatic heterocycles. The van der Waals surface area contributed by atoms with Crippen molar-refractivity contribution < 1.29 is 9.84 Å². The van der Waals surface area contributed by atoms with Crippen LogP contribution in [0.5, 0.6) is 0 Å². The van der Waals surface area contributed by atoms with E-state index in [2.05, 4.69) is 13.8 Å². The highest BCUT2D eigenvalue weighted by Crippen LogP contribution is 2.23. The van der Waals surface area contributed by atoms with Crippen molar-refractivity contribution in [2.45, 2.75) is 52.2 Å². The summed E-state index contributed by atoms with van der Waals surface area (Å²) >= 11 is 0. The lowest BCUT2D eigenvalue weighted by atomic mass is 9.88. The molecule has 1 N–H and O–H groups in total. The van der Waals surface area contributed by atoms with E-state index in [-0.39, 0.29) is 6.10 Å². The lowest BCUT2D eigenvalue weighted by molar-refractivity contribution is -0.0843. The van der Waals surface area contributed by atoms with Crippen molar-refractivity contribution in [3.63, 3.8) is 0 Å². The minimum Gasteiger partial charge on any atom is -0.387 e. The molecular formula is C10H22O2. The average molecular weight is 174 g/mol. The lowest BCUT2D eigenvalue weighted by Gasteiger charge is -2.31. The van der Waals surface area contributed by atoms with Crippen molar-refractivity contribution >= 4 is 0 Å². The second kappa shape index (κ2) is 4.83. The molecule has 0 aromatic heterocycles. The molecule has 74 valence electrons. The number of hydrogen-bond donors (Lipinski definition) is 1. The number of hydrogen-bond acceptors (Lipinski definition) is 2. The van der Waals surface area contributed by atoms with Gasteiger partial charge in [0, 0.05) is 7.11 Å². The van der Waals surface area contributed by atoms with Gasteiger partial charge < -0.3 is 9.84 Å². The third kappa shape index (κ3) is 3.55. The molecule has 2 heteroatoms. The fourth-order valence-electron chi connectivity index (χ4n) is 1.27. The molecule has 0 fully saturated rings. The van der Waals surface area contributed by atoms with Crippen molar-refractivity contribution in [1.29, 1.82) is 0 Å². The summed E-state index contributed by atoms with van der Waals surface area (Å²) in [4.78, 5) is 0. The molecule has 3 atom stereocenters. The van der Waals surface area contributed by atoms with Crippen LogP contribution in [0.3, 0.4) is 0 Å². The van der Waals surface area contributed by atoms with Crippen molar-refractivity contribution in [2.24, 2.45) is 5.92 Å². The van der Waals surface area contributed by atoms with E-state index in [1.54, 1.807) is 7.11 Å². The van der Waals surface area contributed by atoms with E-state index in [4.69, 9.17) is 4.74 Å². The van der Waals surface area contributed by atoms with E-state index >= 15 is 0 Å². The molecule has 0 spiro atoms. The van der Waals surface area contributed by atoms with Gasteiger partial charge in [-0.1, -0.05) is 20.3 Å². The Kier molecular flexibility index (Phi) is 4.80. The molecule has 0 aliphatic rings. The van der Waals surface area contributed by atoms with Crippen LogP contribution in [0, 0.1) is 5.92 Å². The van der Waals surface area contributed by atoms with Crippen LogP contribution in [0.15, 0.2) is 0 Å². The van der Waals surface area contributed by atoms with E-state index in [0.29, 0.717) is 5.92 Å². The molecule has 0 saturated carbocycles. The van der Waals surface area contributed by atoms with Gasteiger partial charge in [0.25, 0.3) is 0 Å². The monoisotopic (exact) mass is 174 g/mol. The third-order valence-electron chi connectivity index (χ3n) is 2.69. The van der Waals surface area contributed by atoms with Gasteiger partial charge in [-0.05, 0) is 26.2 Å². The highest BCUT2D eigenvalue weighted by Gasteiger charge is 2.29. The minimum absolute atomic E-state index is 0.0912. The fraction of sp³-hybridized carbons (Fsp3) is 1.00. The van der Waals surface area contributed by atoms with E-state index in [1.807, 2.05) is 13.8 Å². The first kappa shape index (κ1) is 11.9. The Balaban J connectivity index is 4.02. The van der Waals surface area contributed by atoms with E-state index in [0.717, 1.165) is 12.8 Å². The standard InChI is InChI=1S/C10H22O2/c1-6-8(2)7-10(4,11)9(3)12-5/h8-9,11H,6-7H2,1-5H3. The summed E-state index contributed by atoms with van der Waals surface area (Å²) in [6.45, 7) is 8.03. The maximum atomic E-state index is 9.96. The van der Waals surface area contributed by atoms with Crippen LogP contribution < -0.4 is 0 Å². The second-order valence-electron chi connectivity index (χ2n) is 3.95. The molecule has 0 aromatic rings. The largest absolute Gasteiger partial charge is 0.387 e. The number of rotatable bonds is 5. The van der Waals surface area contributed by atoms with Crippen LogP contribution >= 0.6 is 0 Å². The molecule has 0 aromatic carbocycles. The first-order chi connectivity index (χ1) is 5.44. The Morgan fingerprint density at radius 1 is 1.42 bits per heavy atom. The summed E-state index contributed by atoms with van der Waals surface area (Å²) in [6, 6.07) is 0. The predicted molar refractivity (Wildman–Crippen MR) is 51.2 cm³/mol. The highest BCUT2D eigenvalue weighted by atomic mass is 16.5. The van der Waals surface area contributed by atoms with Gasteiger partial charge in [0.05, 0.1) is 11.7 Å². The molecular weight excluding hydrogens is 152 g/mol. The van der Waals surface area contributed by atoms with Gasteiger partial charge in [0.1, 0.15) is 0 Å². The van der Waals surface area contributed by atoms with Crippen LogP contribution in [0.25, 0.3) is 0 Å². The van der Waals surface area contributed by atoms with E-state index in [9.17, 15) is 5.11 Å². The van der Waals surface area contributed by atoms with Gasteiger partial charge in [0.2, 0.25) is 0 Å². The summed E-state index contributed by atoms with van der Waals surface area (Å²) < 4.78 is 5.11. The molecule has 0 saturated heterocycles. The molecule has 0 heterocycles. The molecule has 3 unspecified atom stereocenters. The molecule has 0 rings (SSSR count). The van der Waals surface area contributed by atoms with Crippen molar-refractivity contribution in [3.05, 3.63) is 0 Å². The first-order valence-corrected chi connectivity index (χ1v) is 4.69. The lowest BCUT2D eigenvalue weighted by Crippen LogP contribution is -2.39. The maximum Gasteiger partial charge on any atom is 0.0879 e. The van der Waals surface area contributed by atoms with Crippen LogP contribution in [0.1, 0.15) is 40.5 Å². The molecule has 0 bridgehead atoms. The van der Waals surface area contributed by atoms with Gasteiger partial charge in [-0.3, -0.25) is 0 Å². The summed E-state index contributed by atoms with van der Waals surface area (Å²) in [6.07, 6.45) is 1.82. The van der Waals surface area contributed by atoms with Gasteiger partial charge in [0.15, 0.2) is 0 Å². The van der Waals surface area contributed by atoms with Crippen LogP contribution in [-0.4, -0.2) is 23.9 Å². The molecule has 0 amide bonds. The predicted octanol–water partition coefficient (Wildman–Crippen LogP) is 2.21. The first-order valence-electron chi connectivity index (χ1n) is 4.69. The summed E-state index contributed by atoms with van der Waals surface area (Å²) in [7, 11) is 1.63. The molecule has 0 radical (unpaired) electrons. The topological polar surface area (TPSA) is 29.5 Å². The average Bonchev–Trinajstić information content (AvgIpc) is 2.02. The quantitative estimate of drug-likeness (QED) is 0.692. The third-order valence-corrected chi connectivity index (χ3v) is 2.69. The van der Waals surface area contributed by atoms with Gasteiger partial charge >= 0.3 is 0 Å². The van der Waals surface area contributed by atoms with Crippen molar-refractivity contribution in [2.75, 3.05) is 7.11 Å². The van der Waals surface area contributed by atoms with Crippen LogP contribution in [-0.2, 0) is 4.74 Å². The summed E-state index contributed by atoms with van der Waals surface area (Å²) in [5, 5.41) is 9.96. The van der Waals surface area contributed by atoms with E-state index in [1.165, 1.54) is 0 Å². The summed E-state index contributed by atoms with van der Waals surface area (Å²) in [5.74, 6) is 0.553. The summed E-state index contributed by atoms with van der Waals surface area (Å²) in [5.41, 5.74) is -0.690. The zero-order chi connectivity index (χ0) is 9.78. The van der Waals surface area contributed by atoms with Crippen molar-refractivity contribution in [1.82, 2.24) is 0 Å². The Labute approximate surface area is 75.9 Å². The van der Waals surface area contributed by atoms with Crippen molar-refractivity contribution in [3.8, 4) is 0 Å². The van der Waals surface area contributed by atoms with E-state index < -0.39 is 5.60 Å². The van der Waals surface area contributed by atoms with Gasteiger partial charge in [-0.2, -0.15) is 0 Å². The Hall–Kier alpha value is -0.0800.